The Morgan fingerprint density at radius 3 is 2.58 bits per heavy atom. The highest BCUT2D eigenvalue weighted by atomic mass is 32.1. The topological polar surface area (TPSA) is 108 Å². The summed E-state index contributed by atoms with van der Waals surface area (Å²) in [6.07, 6.45) is -0.894. The van der Waals surface area contributed by atoms with E-state index in [9.17, 15) is 14.7 Å². The van der Waals surface area contributed by atoms with Crippen molar-refractivity contribution in [1.29, 1.82) is 0 Å². The number of hydrogen-bond donors (Lipinski definition) is 4. The van der Waals surface area contributed by atoms with Gasteiger partial charge in [0.05, 0.1) is 16.5 Å². The van der Waals surface area contributed by atoms with E-state index in [0.717, 1.165) is 10.4 Å². The first-order valence-corrected chi connectivity index (χ1v) is 8.97. The molecule has 1 aromatic heterocycles. The van der Waals surface area contributed by atoms with E-state index >= 15 is 0 Å². The van der Waals surface area contributed by atoms with Crippen LogP contribution in [0.4, 0.5) is 4.79 Å². The fourth-order valence-electron chi connectivity index (χ4n) is 2.79. The average Bonchev–Trinajstić information content (AvgIpc) is 3.04. The number of carboxylic acid groups (broad SMARTS) is 1. The van der Waals surface area contributed by atoms with Gasteiger partial charge in [0, 0.05) is 6.54 Å². The third-order valence-corrected chi connectivity index (χ3v) is 5.26. The third-order valence-electron chi connectivity index (χ3n) is 4.28. The number of rotatable bonds is 4. The second kappa shape index (κ2) is 6.97. The van der Waals surface area contributed by atoms with Gasteiger partial charge in [-0.2, -0.15) is 0 Å². The van der Waals surface area contributed by atoms with Crippen molar-refractivity contribution in [2.75, 3.05) is 0 Å². The van der Waals surface area contributed by atoms with Gasteiger partial charge < -0.3 is 25.6 Å². The fraction of sp³-hybridized carbons (Fsp3) is 0.333. The van der Waals surface area contributed by atoms with E-state index in [1.807, 2.05) is 11.4 Å². The van der Waals surface area contributed by atoms with Crippen LogP contribution in [0, 0.1) is 0 Å². The second-order valence-electron chi connectivity index (χ2n) is 6.61. The third kappa shape index (κ3) is 3.66. The molecule has 4 N–H and O–H groups in total. The number of benzene rings is 1. The number of carboxylic acids is 1. The molecule has 2 atom stereocenters. The molecule has 2 aromatic rings. The molecule has 0 saturated carbocycles. The first-order valence-electron chi connectivity index (χ1n) is 8.09. The minimum atomic E-state index is -0.995. The molecule has 3 rings (SSSR count). The van der Waals surface area contributed by atoms with Gasteiger partial charge in [0.1, 0.15) is 17.5 Å². The molecular formula is C18H20N2O5S. The lowest BCUT2D eigenvalue weighted by molar-refractivity contribution is -0.0605. The second-order valence-corrected chi connectivity index (χ2v) is 7.55. The summed E-state index contributed by atoms with van der Waals surface area (Å²) in [6, 6.07) is 7.10. The molecule has 0 fully saturated rings. The Morgan fingerprint density at radius 1 is 1.23 bits per heavy atom. The maximum Gasteiger partial charge on any atom is 0.335 e. The smallest absolute Gasteiger partial charge is 0.335 e. The van der Waals surface area contributed by atoms with Crippen LogP contribution in [0.3, 0.4) is 0 Å². The number of urea groups is 1. The molecule has 1 aliphatic heterocycles. The number of amides is 2. The summed E-state index contributed by atoms with van der Waals surface area (Å²) >= 11 is 1.42. The van der Waals surface area contributed by atoms with Crippen molar-refractivity contribution in [3.8, 4) is 5.75 Å². The Morgan fingerprint density at radius 2 is 1.92 bits per heavy atom. The number of thiophene rings is 1. The molecule has 2 amide bonds. The molecule has 0 radical (unpaired) electrons. The van der Waals surface area contributed by atoms with Crippen LogP contribution in [-0.2, 0) is 6.54 Å². The van der Waals surface area contributed by atoms with Gasteiger partial charge in [-0.25, -0.2) is 9.59 Å². The summed E-state index contributed by atoms with van der Waals surface area (Å²) in [5.41, 5.74) is 0.143. The van der Waals surface area contributed by atoms with Gasteiger partial charge in [0.15, 0.2) is 0 Å². The summed E-state index contributed by atoms with van der Waals surface area (Å²) in [6.45, 7) is 3.79. The van der Waals surface area contributed by atoms with Crippen molar-refractivity contribution in [2.45, 2.75) is 38.1 Å². The summed E-state index contributed by atoms with van der Waals surface area (Å²) < 4.78 is 5.78. The van der Waals surface area contributed by atoms with E-state index in [0.29, 0.717) is 5.75 Å². The van der Waals surface area contributed by atoms with Crippen LogP contribution in [0.1, 0.15) is 40.7 Å². The summed E-state index contributed by atoms with van der Waals surface area (Å²) in [5, 5.41) is 26.8. The maximum atomic E-state index is 12.3. The zero-order valence-electron chi connectivity index (χ0n) is 14.4. The van der Waals surface area contributed by atoms with Crippen LogP contribution in [0.15, 0.2) is 35.7 Å². The van der Waals surface area contributed by atoms with Crippen LogP contribution in [0.25, 0.3) is 0 Å². The van der Waals surface area contributed by atoms with Crippen LogP contribution in [0.5, 0.6) is 5.75 Å². The number of ether oxygens (including phenoxy) is 1. The number of aliphatic hydroxyl groups is 1. The van der Waals surface area contributed by atoms with Gasteiger partial charge in [0.2, 0.25) is 0 Å². The molecule has 1 aliphatic rings. The number of carbonyl (C=O) groups excluding carboxylic acids is 1. The summed E-state index contributed by atoms with van der Waals surface area (Å²) in [5.74, 6) is -0.329. The zero-order chi connectivity index (χ0) is 18.9. The maximum absolute atomic E-state index is 12.3. The zero-order valence-corrected chi connectivity index (χ0v) is 15.2. The van der Waals surface area contributed by atoms with E-state index in [1.54, 1.807) is 26.0 Å². The molecule has 26 heavy (non-hydrogen) atoms. The molecule has 8 heteroatoms. The van der Waals surface area contributed by atoms with Crippen molar-refractivity contribution in [2.24, 2.45) is 0 Å². The average molecular weight is 376 g/mol. The lowest BCUT2D eigenvalue weighted by Crippen LogP contribution is -2.54. The van der Waals surface area contributed by atoms with Gasteiger partial charge in [-0.05, 0) is 43.0 Å². The van der Waals surface area contributed by atoms with Gasteiger partial charge >= 0.3 is 12.0 Å². The van der Waals surface area contributed by atoms with E-state index in [-0.39, 0.29) is 12.1 Å². The number of nitrogens with one attached hydrogen (secondary N) is 2. The Hall–Kier alpha value is -2.58. The first-order chi connectivity index (χ1) is 12.3. The lowest BCUT2D eigenvalue weighted by atomic mass is 9.91. The minimum Gasteiger partial charge on any atom is -0.484 e. The van der Waals surface area contributed by atoms with Crippen LogP contribution >= 0.6 is 11.3 Å². The molecule has 0 aliphatic carbocycles. The van der Waals surface area contributed by atoms with Gasteiger partial charge in [-0.3, -0.25) is 0 Å². The SMILES string of the molecule is CC1(C)Oc2ccsc2[C@@H](NC(=O)NCc2ccc(C(=O)O)cc2)[C@@H]1O. The number of fused-ring (bicyclic) bond motifs is 1. The molecule has 0 unspecified atom stereocenters. The number of hydrogen-bond acceptors (Lipinski definition) is 5. The minimum absolute atomic E-state index is 0.191. The largest absolute Gasteiger partial charge is 0.484 e. The fourth-order valence-corrected chi connectivity index (χ4v) is 3.69. The van der Waals surface area contributed by atoms with Crippen molar-refractivity contribution in [3.63, 3.8) is 0 Å². The Balaban J connectivity index is 1.63. The van der Waals surface area contributed by atoms with E-state index in [2.05, 4.69) is 10.6 Å². The lowest BCUT2D eigenvalue weighted by Gasteiger charge is -2.40. The predicted octanol–water partition coefficient (Wildman–Crippen LogP) is 2.52. The normalized spacial score (nSPS) is 20.6. The quantitative estimate of drug-likeness (QED) is 0.656. The molecule has 138 valence electrons. The first kappa shape index (κ1) is 18.2. The molecule has 0 bridgehead atoms. The molecule has 0 saturated heterocycles. The Kier molecular flexibility index (Phi) is 4.88. The van der Waals surface area contributed by atoms with Crippen molar-refractivity contribution in [3.05, 3.63) is 51.7 Å². The van der Waals surface area contributed by atoms with Gasteiger partial charge in [-0.1, -0.05) is 12.1 Å². The van der Waals surface area contributed by atoms with Gasteiger partial charge in [0.25, 0.3) is 0 Å². The van der Waals surface area contributed by atoms with Crippen molar-refractivity contribution in [1.82, 2.24) is 10.6 Å². The van der Waals surface area contributed by atoms with Crippen molar-refractivity contribution < 1.29 is 24.5 Å². The molecule has 1 aromatic carbocycles. The standard InChI is InChI=1S/C18H20N2O5S/c1-18(2)15(21)13(14-12(25-18)7-8-26-14)20-17(24)19-9-10-3-5-11(6-4-10)16(22)23/h3-8,13,15,21H,9H2,1-2H3,(H,22,23)(H2,19,20,24)/t13-,15+/m1/s1. The Labute approximate surface area is 154 Å². The van der Waals surface area contributed by atoms with Crippen LogP contribution < -0.4 is 15.4 Å². The van der Waals surface area contributed by atoms with Crippen LogP contribution in [0.2, 0.25) is 0 Å². The summed E-state index contributed by atoms with van der Waals surface area (Å²) in [7, 11) is 0. The monoisotopic (exact) mass is 376 g/mol. The van der Waals surface area contributed by atoms with E-state index in [4.69, 9.17) is 9.84 Å². The predicted molar refractivity (Wildman–Crippen MR) is 96.5 cm³/mol. The van der Waals surface area contributed by atoms with Crippen molar-refractivity contribution >= 4 is 23.3 Å². The molecule has 2 heterocycles. The number of aliphatic hydroxyl groups excluding tert-OH is 1. The summed E-state index contributed by atoms with van der Waals surface area (Å²) in [4.78, 5) is 23.9. The number of carbonyl (C=O) groups is 2. The van der Waals surface area contributed by atoms with Crippen LogP contribution in [-0.4, -0.2) is 33.9 Å². The van der Waals surface area contributed by atoms with E-state index < -0.39 is 29.7 Å². The molecular weight excluding hydrogens is 356 g/mol. The molecule has 0 spiro atoms. The van der Waals surface area contributed by atoms with E-state index in [1.165, 1.54) is 23.5 Å². The molecule has 7 nitrogen and oxygen atoms in total. The van der Waals surface area contributed by atoms with Gasteiger partial charge in [-0.15, -0.1) is 11.3 Å². The number of aromatic carboxylic acids is 1. The Bertz CT molecular complexity index is 815. The highest BCUT2D eigenvalue weighted by Gasteiger charge is 2.44. The highest BCUT2D eigenvalue weighted by molar-refractivity contribution is 7.10. The highest BCUT2D eigenvalue weighted by Crippen LogP contribution is 2.42.